The molecular weight excluding hydrogens is 312 g/mol. The van der Waals surface area contributed by atoms with Crippen LogP contribution in [0.5, 0.6) is 0 Å². The molecule has 1 fully saturated rings. The summed E-state index contributed by atoms with van der Waals surface area (Å²) in [6.07, 6.45) is 0. The highest BCUT2D eigenvalue weighted by molar-refractivity contribution is 5.98. The predicted molar refractivity (Wildman–Crippen MR) is 98.5 cm³/mol. The third-order valence-corrected chi connectivity index (χ3v) is 4.65. The molecule has 1 unspecified atom stereocenters. The summed E-state index contributed by atoms with van der Waals surface area (Å²) in [6.45, 7) is 7.23. The van der Waals surface area contributed by atoms with Gasteiger partial charge in [-0.1, -0.05) is 55.8 Å². The molecule has 4 heteroatoms. The van der Waals surface area contributed by atoms with Gasteiger partial charge in [-0.15, -0.1) is 0 Å². The van der Waals surface area contributed by atoms with Crippen LogP contribution < -0.4 is 5.32 Å². The molecule has 1 atom stereocenters. The molecule has 0 bridgehead atoms. The number of aryl methyl sites for hydroxylation is 1. The number of nitrogens with zero attached hydrogens (tertiary/aromatic N) is 1. The van der Waals surface area contributed by atoms with Crippen molar-refractivity contribution in [3.63, 3.8) is 0 Å². The zero-order valence-electron chi connectivity index (χ0n) is 15.0. The van der Waals surface area contributed by atoms with Crippen LogP contribution in [0.15, 0.2) is 48.5 Å². The molecule has 130 valence electrons. The van der Waals surface area contributed by atoms with Gasteiger partial charge in [0.25, 0.3) is 5.91 Å². The van der Waals surface area contributed by atoms with Crippen LogP contribution in [-0.2, 0) is 4.79 Å². The molecule has 2 aromatic carbocycles. The lowest BCUT2D eigenvalue weighted by molar-refractivity contribution is -0.128. The van der Waals surface area contributed by atoms with Crippen molar-refractivity contribution < 1.29 is 9.59 Å². The second kappa shape index (κ2) is 7.09. The zero-order valence-corrected chi connectivity index (χ0v) is 15.0. The van der Waals surface area contributed by atoms with Crippen molar-refractivity contribution >= 4 is 11.8 Å². The summed E-state index contributed by atoms with van der Waals surface area (Å²) in [5.74, 6) is 0.200. The number of carbonyl (C=O) groups excluding carboxylic acids is 2. The molecule has 0 radical (unpaired) electrons. The molecule has 0 spiro atoms. The Morgan fingerprint density at radius 3 is 2.52 bits per heavy atom. The number of hydrogen-bond donors (Lipinski definition) is 1. The minimum absolute atomic E-state index is 0.100. The first kappa shape index (κ1) is 17.2. The zero-order chi connectivity index (χ0) is 18.0. The van der Waals surface area contributed by atoms with E-state index in [-0.39, 0.29) is 11.8 Å². The molecular formula is C21H24N2O2. The van der Waals surface area contributed by atoms with Crippen molar-refractivity contribution in [1.29, 1.82) is 0 Å². The fourth-order valence-corrected chi connectivity index (χ4v) is 3.23. The maximum atomic E-state index is 13.0. The van der Waals surface area contributed by atoms with Crippen molar-refractivity contribution in [1.82, 2.24) is 10.2 Å². The quantitative estimate of drug-likeness (QED) is 0.933. The summed E-state index contributed by atoms with van der Waals surface area (Å²) in [7, 11) is 0. The van der Waals surface area contributed by atoms with Gasteiger partial charge >= 0.3 is 0 Å². The van der Waals surface area contributed by atoms with Gasteiger partial charge in [-0.05, 0) is 36.1 Å². The first-order valence-corrected chi connectivity index (χ1v) is 8.72. The highest BCUT2D eigenvalue weighted by atomic mass is 16.2. The lowest BCUT2D eigenvalue weighted by Gasteiger charge is -2.35. The second-order valence-electron chi connectivity index (χ2n) is 6.88. The molecule has 0 aliphatic carbocycles. The molecule has 1 N–H and O–H groups in total. The molecule has 0 saturated carbocycles. The van der Waals surface area contributed by atoms with Crippen LogP contribution in [0.3, 0.4) is 0 Å². The Bertz CT molecular complexity index is 781. The topological polar surface area (TPSA) is 49.4 Å². The minimum atomic E-state index is -0.578. The number of hydrogen-bond acceptors (Lipinski definition) is 2. The first-order chi connectivity index (χ1) is 12.0. The Morgan fingerprint density at radius 2 is 1.88 bits per heavy atom. The van der Waals surface area contributed by atoms with Crippen LogP contribution in [0.1, 0.15) is 52.9 Å². The molecule has 2 aromatic rings. The normalized spacial score (nSPS) is 17.5. The smallest absolute Gasteiger partial charge is 0.254 e. The van der Waals surface area contributed by atoms with Crippen LogP contribution in [0.25, 0.3) is 0 Å². The highest BCUT2D eigenvalue weighted by Crippen LogP contribution is 2.26. The Kier molecular flexibility index (Phi) is 4.88. The van der Waals surface area contributed by atoms with Crippen LogP contribution in [0.2, 0.25) is 0 Å². The average Bonchev–Trinajstić information content (AvgIpc) is 2.61. The van der Waals surface area contributed by atoms with E-state index in [1.807, 2.05) is 55.5 Å². The van der Waals surface area contributed by atoms with Gasteiger partial charge in [0.05, 0.1) is 0 Å². The van der Waals surface area contributed by atoms with Crippen molar-refractivity contribution in [2.45, 2.75) is 32.7 Å². The van der Waals surface area contributed by atoms with Crippen molar-refractivity contribution in [3.8, 4) is 0 Å². The van der Waals surface area contributed by atoms with Gasteiger partial charge in [0.1, 0.15) is 6.04 Å². The summed E-state index contributed by atoms with van der Waals surface area (Å²) >= 11 is 0. The first-order valence-electron chi connectivity index (χ1n) is 8.72. The van der Waals surface area contributed by atoms with Crippen LogP contribution in [0.4, 0.5) is 0 Å². The minimum Gasteiger partial charge on any atom is -0.352 e. The molecule has 2 amide bonds. The number of benzene rings is 2. The molecule has 1 aliphatic heterocycles. The number of amides is 2. The summed E-state index contributed by atoms with van der Waals surface area (Å²) in [4.78, 5) is 27.2. The van der Waals surface area contributed by atoms with Crippen LogP contribution in [-0.4, -0.2) is 29.8 Å². The second-order valence-corrected chi connectivity index (χ2v) is 6.88. The third-order valence-electron chi connectivity index (χ3n) is 4.65. The van der Waals surface area contributed by atoms with E-state index in [4.69, 9.17) is 0 Å². The van der Waals surface area contributed by atoms with E-state index in [1.165, 1.54) is 5.56 Å². The molecule has 25 heavy (non-hydrogen) atoms. The van der Waals surface area contributed by atoms with E-state index in [0.717, 1.165) is 11.1 Å². The summed E-state index contributed by atoms with van der Waals surface area (Å²) in [5, 5.41) is 2.88. The van der Waals surface area contributed by atoms with Gasteiger partial charge in [-0.25, -0.2) is 0 Å². The lowest BCUT2D eigenvalue weighted by Crippen LogP contribution is -2.52. The predicted octanol–water partition coefficient (Wildman–Crippen LogP) is 3.43. The Balaban J connectivity index is 1.92. The van der Waals surface area contributed by atoms with Gasteiger partial charge in [0.2, 0.25) is 5.91 Å². The van der Waals surface area contributed by atoms with Crippen molar-refractivity contribution in [2.75, 3.05) is 13.1 Å². The number of rotatable bonds is 3. The molecule has 1 aliphatic rings. The highest BCUT2D eigenvalue weighted by Gasteiger charge is 2.34. The molecule has 3 rings (SSSR count). The maximum Gasteiger partial charge on any atom is 0.254 e. The fraction of sp³-hybridized carbons (Fsp3) is 0.333. The Morgan fingerprint density at radius 1 is 1.16 bits per heavy atom. The lowest BCUT2D eigenvalue weighted by atomic mass is 9.98. The largest absolute Gasteiger partial charge is 0.352 e. The van der Waals surface area contributed by atoms with Crippen LogP contribution in [0, 0.1) is 6.92 Å². The number of carbonyl (C=O) groups is 2. The van der Waals surface area contributed by atoms with Crippen molar-refractivity contribution in [2.24, 2.45) is 0 Å². The van der Waals surface area contributed by atoms with Gasteiger partial charge < -0.3 is 10.2 Å². The van der Waals surface area contributed by atoms with Crippen molar-refractivity contribution in [3.05, 3.63) is 70.8 Å². The summed E-state index contributed by atoms with van der Waals surface area (Å²) < 4.78 is 0. The molecule has 1 saturated heterocycles. The van der Waals surface area contributed by atoms with Crippen LogP contribution >= 0.6 is 0 Å². The SMILES string of the molecule is Cc1cccc(C2C(=O)NCCN2C(=O)c2ccc(C(C)C)cc2)c1. The van der Waals surface area contributed by atoms with E-state index in [9.17, 15) is 9.59 Å². The van der Waals surface area contributed by atoms with E-state index in [2.05, 4.69) is 19.2 Å². The maximum absolute atomic E-state index is 13.0. The van der Waals surface area contributed by atoms with E-state index in [0.29, 0.717) is 24.6 Å². The molecule has 1 heterocycles. The molecule has 0 aromatic heterocycles. The summed E-state index contributed by atoms with van der Waals surface area (Å²) in [5.41, 5.74) is 3.74. The molecule has 4 nitrogen and oxygen atoms in total. The van der Waals surface area contributed by atoms with Gasteiger partial charge in [-0.3, -0.25) is 9.59 Å². The number of nitrogens with one attached hydrogen (secondary N) is 1. The van der Waals surface area contributed by atoms with Gasteiger partial charge in [0.15, 0.2) is 0 Å². The Labute approximate surface area is 148 Å². The summed E-state index contributed by atoms with van der Waals surface area (Å²) in [6, 6.07) is 14.9. The fourth-order valence-electron chi connectivity index (χ4n) is 3.23. The van der Waals surface area contributed by atoms with Gasteiger partial charge in [-0.2, -0.15) is 0 Å². The van der Waals surface area contributed by atoms with E-state index >= 15 is 0 Å². The van der Waals surface area contributed by atoms with E-state index in [1.54, 1.807) is 4.90 Å². The third kappa shape index (κ3) is 3.58. The van der Waals surface area contributed by atoms with Gasteiger partial charge in [0, 0.05) is 18.7 Å². The Hall–Kier alpha value is -2.62. The standard InChI is InChI=1S/C21H24N2O2/c1-14(2)16-7-9-17(10-8-16)21(25)23-12-11-22-20(24)19(23)18-6-4-5-15(3)13-18/h4-10,13-14,19H,11-12H2,1-3H3,(H,22,24). The monoisotopic (exact) mass is 336 g/mol. The number of piperazine rings is 1. The average molecular weight is 336 g/mol. The van der Waals surface area contributed by atoms with E-state index < -0.39 is 6.04 Å².